The van der Waals surface area contributed by atoms with Gasteiger partial charge in [0.15, 0.2) is 23.2 Å². The zero-order valence-corrected chi connectivity index (χ0v) is 15.8. The van der Waals surface area contributed by atoms with Gasteiger partial charge in [0.25, 0.3) is 0 Å². The number of aliphatic hydroxyl groups excluding tert-OH is 3. The number of fused-ring (bicyclic) bond motifs is 1. The third-order valence-corrected chi connectivity index (χ3v) is 5.85. The van der Waals surface area contributed by atoms with E-state index >= 15 is 0 Å². The molecule has 1 aliphatic heterocycles. The molecule has 1 saturated carbocycles. The number of aromatic nitrogens is 4. The standard InChI is InChI=1S/C18H27N5O5/c1-9(10-5-3-2-4-6-10)27-18-22-12-15(19)20-8-21-16(12)23(18)17-14(26)13(25)11(7-24)28-17/h8-11,13-14,17,24-26H,2-7H2,1H3,(H2,19,20,21)/t9?,11-,13-,14-,17-/m1/s1. The second-order valence-electron chi connectivity index (χ2n) is 7.65. The summed E-state index contributed by atoms with van der Waals surface area (Å²) in [4.78, 5) is 12.7. The maximum absolute atomic E-state index is 10.5. The fraction of sp³-hybridized carbons (Fsp3) is 0.722. The van der Waals surface area contributed by atoms with Gasteiger partial charge in [-0.2, -0.15) is 4.98 Å². The Hall–Kier alpha value is -2.01. The third kappa shape index (κ3) is 3.30. The molecule has 10 heteroatoms. The van der Waals surface area contributed by atoms with E-state index in [2.05, 4.69) is 15.0 Å². The summed E-state index contributed by atoms with van der Waals surface area (Å²) in [5.41, 5.74) is 6.63. The summed E-state index contributed by atoms with van der Waals surface area (Å²) in [6.07, 6.45) is 2.55. The van der Waals surface area contributed by atoms with Crippen LogP contribution >= 0.6 is 0 Å². The van der Waals surface area contributed by atoms with E-state index in [1.54, 1.807) is 0 Å². The van der Waals surface area contributed by atoms with Gasteiger partial charge in [0.05, 0.1) is 6.61 Å². The number of ether oxygens (including phenoxy) is 2. The van der Waals surface area contributed by atoms with Crippen LogP contribution in [0.15, 0.2) is 6.33 Å². The molecule has 1 aliphatic carbocycles. The van der Waals surface area contributed by atoms with Gasteiger partial charge in [0, 0.05) is 0 Å². The van der Waals surface area contributed by atoms with Crippen LogP contribution in [0.5, 0.6) is 6.01 Å². The topological polar surface area (TPSA) is 149 Å². The van der Waals surface area contributed by atoms with Gasteiger partial charge in [-0.25, -0.2) is 14.5 Å². The molecule has 1 unspecified atom stereocenters. The van der Waals surface area contributed by atoms with Gasteiger partial charge in [0.2, 0.25) is 0 Å². The first-order chi connectivity index (χ1) is 13.5. The lowest BCUT2D eigenvalue weighted by Crippen LogP contribution is -2.33. The smallest absolute Gasteiger partial charge is 0.301 e. The number of nitrogens with zero attached hydrogens (tertiary/aromatic N) is 4. The minimum Gasteiger partial charge on any atom is -0.461 e. The Morgan fingerprint density at radius 1 is 1.25 bits per heavy atom. The number of imidazole rings is 1. The van der Waals surface area contributed by atoms with E-state index < -0.39 is 31.1 Å². The number of nitrogen functional groups attached to an aromatic ring is 1. The molecule has 0 amide bonds. The van der Waals surface area contributed by atoms with Crippen molar-refractivity contribution in [1.82, 2.24) is 19.5 Å². The first kappa shape index (κ1) is 19.3. The van der Waals surface area contributed by atoms with E-state index in [1.165, 1.54) is 30.2 Å². The molecule has 5 N–H and O–H groups in total. The Bertz CT molecular complexity index is 824. The summed E-state index contributed by atoms with van der Waals surface area (Å²) in [6.45, 7) is 1.58. The zero-order valence-electron chi connectivity index (χ0n) is 15.8. The zero-order chi connectivity index (χ0) is 19.8. The highest BCUT2D eigenvalue weighted by atomic mass is 16.6. The molecule has 10 nitrogen and oxygen atoms in total. The van der Waals surface area contributed by atoms with Crippen LogP contribution in [-0.4, -0.2) is 65.9 Å². The van der Waals surface area contributed by atoms with Crippen LogP contribution in [0.4, 0.5) is 5.82 Å². The quantitative estimate of drug-likeness (QED) is 0.565. The first-order valence-electron chi connectivity index (χ1n) is 9.78. The molecule has 154 valence electrons. The molecule has 2 aromatic heterocycles. The lowest BCUT2D eigenvalue weighted by Gasteiger charge is -2.28. The molecular weight excluding hydrogens is 366 g/mol. The highest BCUT2D eigenvalue weighted by Crippen LogP contribution is 2.37. The first-order valence-corrected chi connectivity index (χ1v) is 9.78. The number of aliphatic hydroxyl groups is 3. The number of anilines is 1. The molecular formula is C18H27N5O5. The van der Waals surface area contributed by atoms with Gasteiger partial charge in [-0.15, -0.1) is 0 Å². The maximum atomic E-state index is 10.5. The fourth-order valence-electron chi connectivity index (χ4n) is 4.18. The molecule has 2 aromatic rings. The van der Waals surface area contributed by atoms with Crippen molar-refractivity contribution in [2.75, 3.05) is 12.3 Å². The Morgan fingerprint density at radius 3 is 2.68 bits per heavy atom. The molecule has 0 aromatic carbocycles. The van der Waals surface area contributed by atoms with E-state index in [0.717, 1.165) is 12.8 Å². The van der Waals surface area contributed by atoms with Crippen LogP contribution < -0.4 is 10.5 Å². The molecule has 28 heavy (non-hydrogen) atoms. The van der Waals surface area contributed by atoms with Crippen LogP contribution in [0.2, 0.25) is 0 Å². The Balaban J connectivity index is 1.71. The van der Waals surface area contributed by atoms with Crippen molar-refractivity contribution in [2.45, 2.75) is 69.7 Å². The van der Waals surface area contributed by atoms with Gasteiger partial charge < -0.3 is 30.5 Å². The van der Waals surface area contributed by atoms with Crippen molar-refractivity contribution >= 4 is 17.0 Å². The molecule has 3 heterocycles. The summed E-state index contributed by atoms with van der Waals surface area (Å²) in [5, 5.41) is 30.1. The number of rotatable bonds is 5. The molecule has 4 rings (SSSR count). The minimum absolute atomic E-state index is 0.0952. The van der Waals surface area contributed by atoms with E-state index in [0.29, 0.717) is 17.1 Å². The third-order valence-electron chi connectivity index (χ3n) is 5.85. The average molecular weight is 393 g/mol. The van der Waals surface area contributed by atoms with E-state index in [1.807, 2.05) is 6.92 Å². The van der Waals surface area contributed by atoms with Gasteiger partial charge >= 0.3 is 6.01 Å². The molecule has 0 radical (unpaired) electrons. The van der Waals surface area contributed by atoms with Crippen LogP contribution in [0.1, 0.15) is 45.3 Å². The van der Waals surface area contributed by atoms with Crippen molar-refractivity contribution in [3.63, 3.8) is 0 Å². The van der Waals surface area contributed by atoms with Gasteiger partial charge in [-0.3, -0.25) is 0 Å². The summed E-state index contributed by atoms with van der Waals surface area (Å²) < 4.78 is 13.4. The van der Waals surface area contributed by atoms with Crippen molar-refractivity contribution in [3.05, 3.63) is 6.33 Å². The largest absolute Gasteiger partial charge is 0.461 e. The fourth-order valence-corrected chi connectivity index (χ4v) is 4.18. The van der Waals surface area contributed by atoms with E-state index in [9.17, 15) is 15.3 Å². The Morgan fingerprint density at radius 2 is 2.00 bits per heavy atom. The number of hydrogen-bond acceptors (Lipinski definition) is 9. The van der Waals surface area contributed by atoms with Gasteiger partial charge in [-0.1, -0.05) is 19.3 Å². The van der Waals surface area contributed by atoms with E-state index in [4.69, 9.17) is 15.2 Å². The van der Waals surface area contributed by atoms with Crippen molar-refractivity contribution in [2.24, 2.45) is 5.92 Å². The van der Waals surface area contributed by atoms with Crippen LogP contribution in [0.3, 0.4) is 0 Å². The van der Waals surface area contributed by atoms with E-state index in [-0.39, 0.29) is 17.9 Å². The van der Waals surface area contributed by atoms with Gasteiger partial charge in [-0.05, 0) is 25.7 Å². The number of hydrogen-bond donors (Lipinski definition) is 4. The molecule has 0 bridgehead atoms. The second kappa shape index (κ2) is 7.78. The summed E-state index contributed by atoms with van der Waals surface area (Å²) in [6, 6.07) is 0.204. The van der Waals surface area contributed by atoms with Crippen molar-refractivity contribution in [3.8, 4) is 6.01 Å². The molecule has 2 aliphatic rings. The number of nitrogens with two attached hydrogens (primary N) is 1. The monoisotopic (exact) mass is 393 g/mol. The summed E-state index contributed by atoms with van der Waals surface area (Å²) >= 11 is 0. The average Bonchev–Trinajstić information content (AvgIpc) is 3.21. The van der Waals surface area contributed by atoms with Crippen LogP contribution in [-0.2, 0) is 4.74 Å². The highest BCUT2D eigenvalue weighted by molar-refractivity contribution is 5.82. The SMILES string of the molecule is CC(Oc1nc2c(N)ncnc2n1[C@@H]1O[C@H](CO)[C@@H](O)[C@H]1O)C1CCCCC1. The van der Waals surface area contributed by atoms with Gasteiger partial charge in [0.1, 0.15) is 30.7 Å². The van der Waals surface area contributed by atoms with Crippen LogP contribution in [0.25, 0.3) is 11.2 Å². The van der Waals surface area contributed by atoms with Crippen molar-refractivity contribution < 1.29 is 24.8 Å². The molecule has 1 saturated heterocycles. The Labute approximate surface area is 162 Å². The predicted molar refractivity (Wildman–Crippen MR) is 99.4 cm³/mol. The maximum Gasteiger partial charge on any atom is 0.301 e. The molecule has 2 fully saturated rings. The predicted octanol–water partition coefficient (Wildman–Crippen LogP) is 0.368. The minimum atomic E-state index is -1.28. The van der Waals surface area contributed by atoms with Crippen LogP contribution in [0, 0.1) is 5.92 Å². The second-order valence-corrected chi connectivity index (χ2v) is 7.65. The van der Waals surface area contributed by atoms with Crippen molar-refractivity contribution in [1.29, 1.82) is 0 Å². The highest BCUT2D eigenvalue weighted by Gasteiger charge is 2.45. The molecule has 5 atom stereocenters. The summed E-state index contributed by atoms with van der Waals surface area (Å²) in [7, 11) is 0. The normalized spacial score (nSPS) is 30.0. The summed E-state index contributed by atoms with van der Waals surface area (Å²) in [5.74, 6) is 0.598. The molecule has 0 spiro atoms. The Kier molecular flexibility index (Phi) is 5.37. The lowest BCUT2D eigenvalue weighted by molar-refractivity contribution is -0.0562. The lowest BCUT2D eigenvalue weighted by atomic mass is 9.86.